The van der Waals surface area contributed by atoms with Gasteiger partial charge in [0.05, 0.1) is 44.3 Å². The molecule has 0 bridgehead atoms. The maximum Gasteiger partial charge on any atom is 0.290 e. The summed E-state index contributed by atoms with van der Waals surface area (Å²) in [5, 5.41) is 29.4. The maximum absolute atomic E-state index is 13.0. The molecule has 3 N–H and O–H groups in total. The van der Waals surface area contributed by atoms with Crippen LogP contribution in [0, 0.1) is 0 Å². The van der Waals surface area contributed by atoms with Gasteiger partial charge in [-0.1, -0.05) is 6.07 Å². The molecule has 9 heteroatoms. The number of benzene rings is 1. The lowest BCUT2D eigenvalue weighted by atomic mass is 9.94. The summed E-state index contributed by atoms with van der Waals surface area (Å²) < 4.78 is 15.8. The van der Waals surface area contributed by atoms with E-state index in [1.54, 1.807) is 13.0 Å². The van der Waals surface area contributed by atoms with Gasteiger partial charge in [0.15, 0.2) is 23.0 Å². The molecule has 0 unspecified atom stereocenters. The van der Waals surface area contributed by atoms with E-state index in [2.05, 4.69) is 0 Å². The van der Waals surface area contributed by atoms with E-state index in [9.17, 15) is 19.8 Å². The molecule has 1 amide bonds. The van der Waals surface area contributed by atoms with Crippen molar-refractivity contribution in [1.82, 2.24) is 4.90 Å². The van der Waals surface area contributed by atoms with E-state index in [0.29, 0.717) is 12.2 Å². The van der Waals surface area contributed by atoms with Crippen LogP contribution in [0.4, 0.5) is 0 Å². The largest absolute Gasteiger partial charge is 0.504 e. The number of amides is 1. The molecule has 1 aromatic carbocycles. The van der Waals surface area contributed by atoms with Crippen molar-refractivity contribution in [2.45, 2.75) is 13.0 Å². The number of hydrogen-bond donors (Lipinski definition) is 3. The van der Waals surface area contributed by atoms with Crippen molar-refractivity contribution >= 4 is 11.7 Å². The fraction of sp³-hybridized carbons (Fsp3) is 0.333. The van der Waals surface area contributed by atoms with E-state index in [4.69, 9.17) is 19.0 Å². The number of aliphatic hydroxyl groups excluding tert-OH is 2. The van der Waals surface area contributed by atoms with E-state index in [1.165, 1.54) is 35.4 Å². The fourth-order valence-electron chi connectivity index (χ4n) is 3.30. The Balaban J connectivity index is 2.02. The predicted octanol–water partition coefficient (Wildman–Crippen LogP) is 1.97. The topological polar surface area (TPSA) is 130 Å². The van der Waals surface area contributed by atoms with Crippen molar-refractivity contribution in [2.24, 2.45) is 0 Å². The van der Waals surface area contributed by atoms with Gasteiger partial charge in [-0.15, -0.1) is 0 Å². The Hall–Kier alpha value is -3.30. The normalized spacial score (nSPS) is 16.4. The molecule has 9 nitrogen and oxygen atoms in total. The maximum atomic E-state index is 13.0. The summed E-state index contributed by atoms with van der Waals surface area (Å²) in [6.45, 7) is 2.14. The highest BCUT2D eigenvalue weighted by molar-refractivity contribution is 6.15. The van der Waals surface area contributed by atoms with Gasteiger partial charge in [-0.05, 0) is 36.8 Å². The van der Waals surface area contributed by atoms with Gasteiger partial charge in [0.1, 0.15) is 0 Å². The van der Waals surface area contributed by atoms with Crippen molar-refractivity contribution in [2.75, 3.05) is 33.0 Å². The van der Waals surface area contributed by atoms with Gasteiger partial charge in [0.25, 0.3) is 5.91 Å². The minimum Gasteiger partial charge on any atom is -0.504 e. The van der Waals surface area contributed by atoms with Crippen LogP contribution in [0.2, 0.25) is 0 Å². The number of ether oxygens (including phenoxy) is 2. The summed E-state index contributed by atoms with van der Waals surface area (Å²) in [6.07, 6.45) is 1.32. The molecule has 2 heterocycles. The van der Waals surface area contributed by atoms with Gasteiger partial charge in [-0.25, -0.2) is 0 Å². The standard InChI is InChI=1S/C21H23NO8/c1-2-29-16-12-13(5-6-14(16)24)18-17(19(25)15-4-3-9-30-15)20(26)21(27)22(18)7-10-28-11-8-23/h3-6,9,12,18,23-24,26H,2,7-8,10-11H2,1H3/t18-/m1/s1. The van der Waals surface area contributed by atoms with E-state index in [1.807, 2.05) is 0 Å². The van der Waals surface area contributed by atoms with Crippen LogP contribution in [0.1, 0.15) is 29.1 Å². The van der Waals surface area contributed by atoms with Crippen molar-refractivity contribution < 1.29 is 38.8 Å². The summed E-state index contributed by atoms with van der Waals surface area (Å²) in [5.41, 5.74) is 0.330. The number of furan rings is 1. The van der Waals surface area contributed by atoms with Crippen molar-refractivity contribution in [3.8, 4) is 11.5 Å². The second kappa shape index (κ2) is 9.47. The molecule has 1 aliphatic heterocycles. The Morgan fingerprint density at radius 1 is 1.23 bits per heavy atom. The van der Waals surface area contributed by atoms with E-state index in [0.717, 1.165) is 0 Å². The lowest BCUT2D eigenvalue weighted by molar-refractivity contribution is -0.130. The quantitative estimate of drug-likeness (QED) is 0.395. The Morgan fingerprint density at radius 3 is 2.70 bits per heavy atom. The van der Waals surface area contributed by atoms with Crippen LogP contribution >= 0.6 is 0 Å². The van der Waals surface area contributed by atoms with Crippen LogP contribution in [-0.4, -0.2) is 64.9 Å². The second-order valence-electron chi connectivity index (χ2n) is 6.47. The molecule has 0 saturated carbocycles. The van der Waals surface area contributed by atoms with Gasteiger partial charge >= 0.3 is 0 Å². The van der Waals surface area contributed by atoms with Crippen molar-refractivity contribution in [1.29, 1.82) is 0 Å². The number of rotatable bonds is 10. The monoisotopic (exact) mass is 417 g/mol. The minimum atomic E-state index is -0.937. The van der Waals surface area contributed by atoms with E-state index in [-0.39, 0.29) is 49.2 Å². The summed E-state index contributed by atoms with van der Waals surface area (Å²) in [4.78, 5) is 27.1. The predicted molar refractivity (Wildman–Crippen MR) is 104 cm³/mol. The second-order valence-corrected chi connectivity index (χ2v) is 6.47. The number of ketones is 1. The summed E-state index contributed by atoms with van der Waals surface area (Å²) >= 11 is 0. The Labute approximate surface area is 172 Å². The molecule has 0 radical (unpaired) electrons. The third kappa shape index (κ3) is 4.17. The molecule has 1 atom stereocenters. The minimum absolute atomic E-state index is 0.0171. The summed E-state index contributed by atoms with van der Waals surface area (Å²) in [7, 11) is 0. The molecule has 2 aromatic rings. The Morgan fingerprint density at radius 2 is 2.03 bits per heavy atom. The first kappa shape index (κ1) is 21.4. The van der Waals surface area contributed by atoms with Crippen LogP contribution in [0.3, 0.4) is 0 Å². The van der Waals surface area contributed by atoms with Gasteiger partial charge in [0.2, 0.25) is 5.78 Å². The van der Waals surface area contributed by atoms with Gasteiger partial charge in [0, 0.05) is 6.54 Å². The molecule has 1 aliphatic rings. The van der Waals surface area contributed by atoms with Gasteiger partial charge < -0.3 is 34.1 Å². The lowest BCUT2D eigenvalue weighted by Gasteiger charge is -2.27. The number of phenolic OH excluding ortho intramolecular Hbond substituents is 1. The van der Waals surface area contributed by atoms with Crippen molar-refractivity contribution in [3.63, 3.8) is 0 Å². The number of carbonyl (C=O) groups is 2. The molecule has 3 rings (SSSR count). The number of nitrogens with zero attached hydrogens (tertiary/aromatic N) is 1. The average Bonchev–Trinajstić information content (AvgIpc) is 3.35. The zero-order chi connectivity index (χ0) is 21.7. The molecule has 0 aliphatic carbocycles. The zero-order valence-electron chi connectivity index (χ0n) is 16.4. The van der Waals surface area contributed by atoms with E-state index < -0.39 is 23.5 Å². The SMILES string of the molecule is CCOc1cc([C@@H]2C(C(=O)c3ccco3)=C(O)C(=O)N2CCOCCO)ccc1O. The molecule has 1 aromatic heterocycles. The first-order valence-corrected chi connectivity index (χ1v) is 9.46. The van der Waals surface area contributed by atoms with Gasteiger partial charge in [-0.3, -0.25) is 9.59 Å². The first-order valence-electron chi connectivity index (χ1n) is 9.46. The molecule has 0 fully saturated rings. The first-order chi connectivity index (χ1) is 14.5. The highest BCUT2D eigenvalue weighted by atomic mass is 16.5. The third-order valence-corrected chi connectivity index (χ3v) is 4.60. The number of hydrogen-bond acceptors (Lipinski definition) is 8. The number of phenols is 1. The van der Waals surface area contributed by atoms with Crippen LogP contribution < -0.4 is 4.74 Å². The van der Waals surface area contributed by atoms with E-state index >= 15 is 0 Å². The summed E-state index contributed by atoms with van der Waals surface area (Å²) in [5.74, 6) is -1.94. The number of carbonyl (C=O) groups excluding carboxylic acids is 2. The highest BCUT2D eigenvalue weighted by Gasteiger charge is 2.44. The number of aromatic hydroxyl groups is 1. The smallest absolute Gasteiger partial charge is 0.290 e. The van der Waals surface area contributed by atoms with Crippen LogP contribution in [-0.2, 0) is 9.53 Å². The fourth-order valence-corrected chi connectivity index (χ4v) is 3.30. The van der Waals surface area contributed by atoms with Crippen LogP contribution in [0.15, 0.2) is 52.3 Å². The molecular weight excluding hydrogens is 394 g/mol. The van der Waals surface area contributed by atoms with Crippen LogP contribution in [0.25, 0.3) is 0 Å². The highest BCUT2D eigenvalue weighted by Crippen LogP contribution is 2.41. The number of aliphatic hydroxyl groups is 2. The van der Waals surface area contributed by atoms with Gasteiger partial charge in [-0.2, -0.15) is 0 Å². The summed E-state index contributed by atoms with van der Waals surface area (Å²) in [6, 6.07) is 6.50. The number of Topliss-reactive ketones (excluding diaryl/α,β-unsaturated/α-hetero) is 1. The Bertz CT molecular complexity index is 934. The lowest BCUT2D eigenvalue weighted by Crippen LogP contribution is -2.34. The molecule has 30 heavy (non-hydrogen) atoms. The molecule has 0 spiro atoms. The average molecular weight is 417 g/mol. The Kier molecular flexibility index (Phi) is 6.76. The van der Waals surface area contributed by atoms with Crippen LogP contribution in [0.5, 0.6) is 11.5 Å². The molecule has 0 saturated heterocycles. The molecule has 160 valence electrons. The zero-order valence-corrected chi connectivity index (χ0v) is 16.4. The third-order valence-electron chi connectivity index (χ3n) is 4.60. The van der Waals surface area contributed by atoms with Crippen molar-refractivity contribution in [3.05, 3.63) is 59.3 Å². The molecular formula is C21H23NO8.